The predicted molar refractivity (Wildman–Crippen MR) is 112 cm³/mol. The number of aryl methyl sites for hydroxylation is 1. The van der Waals surface area contributed by atoms with Crippen LogP contribution >= 0.6 is 18.7 Å². The summed E-state index contributed by atoms with van der Waals surface area (Å²) >= 11 is 6.33. The van der Waals surface area contributed by atoms with E-state index in [0.29, 0.717) is 22.1 Å². The van der Waals surface area contributed by atoms with Crippen LogP contribution in [-0.4, -0.2) is 11.7 Å². The zero-order valence-electron chi connectivity index (χ0n) is 15.9. The standard InChI is InChI=1S/C22H28ClO2P/c1-4-6-12-18(5-2)16-26(25,19-13-8-7-9-14-19)22(24)21-17(3)11-10-15-20(21)23/h7-11,13-15,18H,4-6,12,16H2,1-3H3. The average molecular weight is 391 g/mol. The first kappa shape index (κ1) is 20.9. The van der Waals surface area contributed by atoms with Crippen LogP contribution in [0.4, 0.5) is 0 Å². The molecule has 140 valence electrons. The second-order valence-electron chi connectivity index (χ2n) is 6.91. The van der Waals surface area contributed by atoms with Gasteiger partial charge < -0.3 is 4.57 Å². The molecule has 0 spiro atoms. The molecule has 0 saturated carbocycles. The van der Waals surface area contributed by atoms with Gasteiger partial charge in [0.1, 0.15) is 0 Å². The first-order valence-corrected chi connectivity index (χ1v) is 11.7. The van der Waals surface area contributed by atoms with Gasteiger partial charge in [-0.25, -0.2) is 0 Å². The summed E-state index contributed by atoms with van der Waals surface area (Å²) in [6.07, 6.45) is 4.53. The summed E-state index contributed by atoms with van der Waals surface area (Å²) in [4.78, 5) is 13.5. The molecule has 0 fully saturated rings. The number of halogens is 1. The molecule has 2 unspecified atom stereocenters. The SMILES string of the molecule is CCCCC(CC)CP(=O)(C(=O)c1c(C)cccc1Cl)c1ccccc1. The van der Waals surface area contributed by atoms with Crippen LogP contribution in [0.5, 0.6) is 0 Å². The number of unbranched alkanes of at least 4 members (excludes halogenated alkanes) is 1. The second-order valence-corrected chi connectivity index (χ2v) is 10.1. The van der Waals surface area contributed by atoms with Crippen molar-refractivity contribution < 1.29 is 9.36 Å². The molecule has 0 aliphatic heterocycles. The maximum Gasteiger partial charge on any atom is 0.227 e. The Bertz CT molecular complexity index is 766. The number of carbonyl (C=O) groups is 1. The van der Waals surface area contributed by atoms with Gasteiger partial charge in [-0.15, -0.1) is 0 Å². The average Bonchev–Trinajstić information content (AvgIpc) is 2.65. The number of benzene rings is 2. The Morgan fingerprint density at radius 3 is 2.35 bits per heavy atom. The van der Waals surface area contributed by atoms with Gasteiger partial charge in [0.15, 0.2) is 7.14 Å². The Kier molecular flexibility index (Phi) is 7.68. The molecule has 0 heterocycles. The van der Waals surface area contributed by atoms with Crippen LogP contribution in [0.1, 0.15) is 55.5 Å². The molecule has 2 nitrogen and oxygen atoms in total. The summed E-state index contributed by atoms with van der Waals surface area (Å²) in [6.45, 7) is 6.12. The molecular weight excluding hydrogens is 363 g/mol. The van der Waals surface area contributed by atoms with Crippen LogP contribution in [0.2, 0.25) is 5.02 Å². The summed E-state index contributed by atoms with van der Waals surface area (Å²) in [7, 11) is -3.27. The van der Waals surface area contributed by atoms with Gasteiger partial charge in [0, 0.05) is 17.0 Å². The molecule has 2 aromatic carbocycles. The van der Waals surface area contributed by atoms with Crippen molar-refractivity contribution >= 4 is 29.6 Å². The molecule has 2 rings (SSSR count). The molecule has 2 aromatic rings. The highest BCUT2D eigenvalue weighted by molar-refractivity contribution is 7.87. The van der Waals surface area contributed by atoms with Gasteiger partial charge in [0.05, 0.1) is 5.02 Å². The van der Waals surface area contributed by atoms with Crippen molar-refractivity contribution in [2.45, 2.75) is 46.5 Å². The van der Waals surface area contributed by atoms with Gasteiger partial charge in [0.2, 0.25) is 5.52 Å². The summed E-state index contributed by atoms with van der Waals surface area (Å²) in [6, 6.07) is 14.6. The van der Waals surface area contributed by atoms with E-state index in [9.17, 15) is 9.36 Å². The van der Waals surface area contributed by atoms with Crippen molar-refractivity contribution in [3.63, 3.8) is 0 Å². The fourth-order valence-corrected chi connectivity index (χ4v) is 6.80. The maximum atomic E-state index is 14.1. The molecule has 0 radical (unpaired) electrons. The predicted octanol–water partition coefficient (Wildman–Crippen LogP) is 6.69. The Hall–Kier alpha value is -1.37. The lowest BCUT2D eigenvalue weighted by molar-refractivity contribution is 0.107. The minimum absolute atomic E-state index is 0.271. The molecule has 0 N–H and O–H groups in total. The molecular formula is C22H28ClO2P. The highest BCUT2D eigenvalue weighted by Crippen LogP contribution is 2.51. The number of hydrogen-bond donors (Lipinski definition) is 0. The first-order valence-electron chi connectivity index (χ1n) is 9.38. The van der Waals surface area contributed by atoms with Crippen LogP contribution in [0.25, 0.3) is 0 Å². The highest BCUT2D eigenvalue weighted by Gasteiger charge is 2.37. The fraction of sp³-hybridized carbons (Fsp3) is 0.409. The van der Waals surface area contributed by atoms with Crippen LogP contribution < -0.4 is 5.30 Å². The van der Waals surface area contributed by atoms with E-state index in [-0.39, 0.29) is 11.4 Å². The van der Waals surface area contributed by atoms with Crippen molar-refractivity contribution in [3.8, 4) is 0 Å². The highest BCUT2D eigenvalue weighted by atomic mass is 35.5. The van der Waals surface area contributed by atoms with E-state index in [4.69, 9.17) is 11.6 Å². The van der Waals surface area contributed by atoms with Gasteiger partial charge in [-0.05, 0) is 30.9 Å². The van der Waals surface area contributed by atoms with Crippen LogP contribution in [0, 0.1) is 12.8 Å². The zero-order valence-corrected chi connectivity index (χ0v) is 17.5. The number of carbonyl (C=O) groups excluding carboxylic acids is 1. The Morgan fingerprint density at radius 1 is 1.08 bits per heavy atom. The fourth-order valence-electron chi connectivity index (χ4n) is 3.34. The second kappa shape index (κ2) is 9.53. The minimum atomic E-state index is -3.27. The van der Waals surface area contributed by atoms with Gasteiger partial charge >= 0.3 is 0 Å². The van der Waals surface area contributed by atoms with E-state index in [1.54, 1.807) is 6.07 Å². The van der Waals surface area contributed by atoms with E-state index in [2.05, 4.69) is 13.8 Å². The number of hydrogen-bond acceptors (Lipinski definition) is 2. The molecule has 0 bridgehead atoms. The van der Waals surface area contributed by atoms with E-state index >= 15 is 0 Å². The molecule has 4 heteroatoms. The largest absolute Gasteiger partial charge is 0.310 e. The van der Waals surface area contributed by atoms with Crippen molar-refractivity contribution in [1.82, 2.24) is 0 Å². The lowest BCUT2D eigenvalue weighted by Gasteiger charge is -2.24. The van der Waals surface area contributed by atoms with Crippen LogP contribution in [-0.2, 0) is 4.57 Å². The monoisotopic (exact) mass is 390 g/mol. The molecule has 2 atom stereocenters. The molecule has 26 heavy (non-hydrogen) atoms. The topological polar surface area (TPSA) is 34.1 Å². The normalized spacial score (nSPS) is 14.6. The van der Waals surface area contributed by atoms with E-state index < -0.39 is 7.14 Å². The molecule has 0 aliphatic rings. The molecule has 0 amide bonds. The first-order chi connectivity index (χ1) is 12.4. The smallest absolute Gasteiger partial charge is 0.227 e. The maximum absolute atomic E-state index is 14.1. The van der Waals surface area contributed by atoms with Gasteiger partial charge in [0.25, 0.3) is 0 Å². The molecule has 0 saturated heterocycles. The molecule has 0 aromatic heterocycles. The quantitative estimate of drug-likeness (QED) is 0.447. The third kappa shape index (κ3) is 4.67. The lowest BCUT2D eigenvalue weighted by Crippen LogP contribution is -2.21. The van der Waals surface area contributed by atoms with Crippen molar-refractivity contribution in [1.29, 1.82) is 0 Å². The Labute approximate surface area is 162 Å². The summed E-state index contributed by atoms with van der Waals surface area (Å²) in [5.41, 5.74) is 0.883. The summed E-state index contributed by atoms with van der Waals surface area (Å²) in [5.74, 6) is 0.271. The van der Waals surface area contributed by atoms with E-state index in [1.165, 1.54) is 0 Å². The van der Waals surface area contributed by atoms with Crippen molar-refractivity contribution in [3.05, 3.63) is 64.7 Å². The zero-order chi connectivity index (χ0) is 19.2. The van der Waals surface area contributed by atoms with Gasteiger partial charge in [-0.1, -0.05) is 87.2 Å². The van der Waals surface area contributed by atoms with Crippen molar-refractivity contribution in [2.24, 2.45) is 5.92 Å². The summed E-state index contributed by atoms with van der Waals surface area (Å²) in [5, 5.41) is 1.02. The van der Waals surface area contributed by atoms with E-state index in [1.807, 2.05) is 49.4 Å². The van der Waals surface area contributed by atoms with Crippen LogP contribution in [0.15, 0.2) is 48.5 Å². The lowest BCUT2D eigenvalue weighted by atomic mass is 10.0. The molecule has 0 aliphatic carbocycles. The Balaban J connectivity index is 2.51. The third-order valence-electron chi connectivity index (χ3n) is 5.00. The Morgan fingerprint density at radius 2 is 1.77 bits per heavy atom. The van der Waals surface area contributed by atoms with Gasteiger partial charge in [-0.3, -0.25) is 4.79 Å². The number of rotatable bonds is 9. The van der Waals surface area contributed by atoms with E-state index in [0.717, 1.165) is 31.2 Å². The summed E-state index contributed by atoms with van der Waals surface area (Å²) < 4.78 is 14.1. The third-order valence-corrected chi connectivity index (χ3v) is 8.35. The minimum Gasteiger partial charge on any atom is -0.310 e. The van der Waals surface area contributed by atoms with Crippen LogP contribution in [0.3, 0.4) is 0 Å². The van der Waals surface area contributed by atoms with Crippen molar-refractivity contribution in [2.75, 3.05) is 6.16 Å². The van der Waals surface area contributed by atoms with Gasteiger partial charge in [-0.2, -0.15) is 0 Å².